The largest absolute Gasteiger partial charge is 0.469 e. The van der Waals surface area contributed by atoms with Crippen molar-refractivity contribution in [1.82, 2.24) is 0 Å². The molecule has 0 bridgehead atoms. The standard InChI is InChI=1S/C10H16O2/c1-5-7-10(3,8-6-2)9(11)12-4/h1H,6-8H2,2-4H3. The first-order chi connectivity index (χ1) is 5.60. The number of ether oxygens (including phenoxy) is 1. The van der Waals surface area contributed by atoms with Crippen LogP contribution in [0.2, 0.25) is 0 Å². The first kappa shape index (κ1) is 11.0. The maximum Gasteiger partial charge on any atom is 0.312 e. The molecule has 0 aromatic rings. The van der Waals surface area contributed by atoms with Crippen molar-refractivity contribution in [2.24, 2.45) is 5.41 Å². The Hall–Kier alpha value is -0.970. The molecule has 0 spiro atoms. The third-order valence-electron chi connectivity index (χ3n) is 1.97. The van der Waals surface area contributed by atoms with Crippen LogP contribution in [-0.4, -0.2) is 13.1 Å². The van der Waals surface area contributed by atoms with Gasteiger partial charge < -0.3 is 4.74 Å². The van der Waals surface area contributed by atoms with Crippen molar-refractivity contribution in [2.75, 3.05) is 7.11 Å². The Bertz CT molecular complexity index is 191. The molecule has 0 rings (SSSR count). The van der Waals surface area contributed by atoms with Gasteiger partial charge in [-0.3, -0.25) is 4.79 Å². The van der Waals surface area contributed by atoms with Crippen LogP contribution in [0.25, 0.3) is 0 Å². The Labute approximate surface area is 74.3 Å². The summed E-state index contributed by atoms with van der Waals surface area (Å²) in [5.41, 5.74) is -0.488. The van der Waals surface area contributed by atoms with E-state index >= 15 is 0 Å². The summed E-state index contributed by atoms with van der Waals surface area (Å²) in [6, 6.07) is 0. The molecule has 2 heteroatoms. The van der Waals surface area contributed by atoms with Crippen molar-refractivity contribution in [2.45, 2.75) is 33.1 Å². The second-order valence-corrected chi connectivity index (χ2v) is 3.18. The zero-order valence-electron chi connectivity index (χ0n) is 8.02. The Morgan fingerprint density at radius 1 is 1.67 bits per heavy atom. The molecule has 0 aliphatic rings. The van der Waals surface area contributed by atoms with Crippen LogP contribution in [0.3, 0.4) is 0 Å². The summed E-state index contributed by atoms with van der Waals surface area (Å²) < 4.78 is 4.69. The van der Waals surface area contributed by atoms with Crippen molar-refractivity contribution >= 4 is 5.97 Å². The third kappa shape index (κ3) is 2.58. The Morgan fingerprint density at radius 3 is 2.58 bits per heavy atom. The number of rotatable bonds is 4. The smallest absolute Gasteiger partial charge is 0.312 e. The highest BCUT2D eigenvalue weighted by molar-refractivity contribution is 5.76. The quantitative estimate of drug-likeness (QED) is 0.474. The topological polar surface area (TPSA) is 26.3 Å². The number of methoxy groups -OCH3 is 1. The molecule has 12 heavy (non-hydrogen) atoms. The summed E-state index contributed by atoms with van der Waals surface area (Å²) in [7, 11) is 1.40. The fraction of sp³-hybridized carbons (Fsp3) is 0.700. The van der Waals surface area contributed by atoms with Crippen LogP contribution >= 0.6 is 0 Å². The van der Waals surface area contributed by atoms with Crippen LogP contribution in [0.1, 0.15) is 33.1 Å². The van der Waals surface area contributed by atoms with Crippen LogP contribution in [0.4, 0.5) is 0 Å². The van der Waals surface area contributed by atoms with Gasteiger partial charge in [0, 0.05) is 6.42 Å². The van der Waals surface area contributed by atoms with Gasteiger partial charge in [0.15, 0.2) is 0 Å². The van der Waals surface area contributed by atoms with Gasteiger partial charge in [-0.05, 0) is 13.3 Å². The first-order valence-corrected chi connectivity index (χ1v) is 4.12. The fourth-order valence-corrected chi connectivity index (χ4v) is 1.29. The van der Waals surface area contributed by atoms with E-state index in [0.717, 1.165) is 12.8 Å². The van der Waals surface area contributed by atoms with E-state index < -0.39 is 5.41 Å². The van der Waals surface area contributed by atoms with Crippen LogP contribution in [0.5, 0.6) is 0 Å². The molecule has 0 saturated carbocycles. The van der Waals surface area contributed by atoms with Gasteiger partial charge in [0.1, 0.15) is 0 Å². The van der Waals surface area contributed by atoms with Gasteiger partial charge >= 0.3 is 5.97 Å². The number of terminal acetylenes is 1. The molecule has 0 radical (unpaired) electrons. The summed E-state index contributed by atoms with van der Waals surface area (Å²) in [6.07, 6.45) is 7.35. The third-order valence-corrected chi connectivity index (χ3v) is 1.97. The molecule has 68 valence electrons. The summed E-state index contributed by atoms with van der Waals surface area (Å²) in [6.45, 7) is 3.87. The van der Waals surface area contributed by atoms with Gasteiger partial charge in [-0.25, -0.2) is 0 Å². The zero-order chi connectivity index (χ0) is 9.61. The summed E-state index contributed by atoms with van der Waals surface area (Å²) in [5, 5.41) is 0. The van der Waals surface area contributed by atoms with E-state index in [2.05, 4.69) is 10.7 Å². The van der Waals surface area contributed by atoms with E-state index in [9.17, 15) is 4.79 Å². The van der Waals surface area contributed by atoms with Gasteiger partial charge in [0.05, 0.1) is 12.5 Å². The minimum absolute atomic E-state index is 0.206. The molecule has 0 aliphatic heterocycles. The van der Waals surface area contributed by atoms with E-state index in [4.69, 9.17) is 6.42 Å². The Kier molecular flexibility index (Phi) is 4.43. The van der Waals surface area contributed by atoms with Crippen molar-refractivity contribution in [1.29, 1.82) is 0 Å². The van der Waals surface area contributed by atoms with E-state index in [1.165, 1.54) is 7.11 Å². The van der Waals surface area contributed by atoms with E-state index in [-0.39, 0.29) is 5.97 Å². The van der Waals surface area contributed by atoms with Crippen molar-refractivity contribution in [3.63, 3.8) is 0 Å². The monoisotopic (exact) mass is 168 g/mol. The van der Waals surface area contributed by atoms with Crippen LogP contribution in [0, 0.1) is 17.8 Å². The minimum atomic E-state index is -0.488. The van der Waals surface area contributed by atoms with E-state index in [1.807, 2.05) is 13.8 Å². The highest BCUT2D eigenvalue weighted by Crippen LogP contribution is 2.28. The fourth-order valence-electron chi connectivity index (χ4n) is 1.29. The average molecular weight is 168 g/mol. The Balaban J connectivity index is 4.39. The van der Waals surface area contributed by atoms with Crippen LogP contribution in [0.15, 0.2) is 0 Å². The lowest BCUT2D eigenvalue weighted by Crippen LogP contribution is -2.28. The van der Waals surface area contributed by atoms with E-state index in [1.54, 1.807) is 0 Å². The zero-order valence-corrected chi connectivity index (χ0v) is 8.02. The molecule has 0 saturated heterocycles. The van der Waals surface area contributed by atoms with Crippen LogP contribution in [-0.2, 0) is 9.53 Å². The number of carbonyl (C=O) groups is 1. The molecule has 1 atom stereocenters. The second kappa shape index (κ2) is 4.82. The highest BCUT2D eigenvalue weighted by atomic mass is 16.5. The molecule has 0 heterocycles. The van der Waals surface area contributed by atoms with Crippen molar-refractivity contribution in [3.8, 4) is 12.3 Å². The maximum absolute atomic E-state index is 11.3. The van der Waals surface area contributed by atoms with Gasteiger partial charge in [-0.2, -0.15) is 0 Å². The second-order valence-electron chi connectivity index (χ2n) is 3.18. The highest BCUT2D eigenvalue weighted by Gasteiger charge is 2.32. The lowest BCUT2D eigenvalue weighted by molar-refractivity contribution is -0.151. The molecule has 0 N–H and O–H groups in total. The molecular formula is C10H16O2. The molecular weight excluding hydrogens is 152 g/mol. The predicted molar refractivity (Wildman–Crippen MR) is 48.5 cm³/mol. The number of hydrogen-bond acceptors (Lipinski definition) is 2. The van der Waals surface area contributed by atoms with Gasteiger partial charge in [0.25, 0.3) is 0 Å². The molecule has 0 aromatic heterocycles. The lowest BCUT2D eigenvalue weighted by Gasteiger charge is -2.23. The van der Waals surface area contributed by atoms with Gasteiger partial charge in [-0.1, -0.05) is 13.3 Å². The number of hydrogen-bond donors (Lipinski definition) is 0. The van der Waals surface area contributed by atoms with Crippen molar-refractivity contribution in [3.05, 3.63) is 0 Å². The minimum Gasteiger partial charge on any atom is -0.469 e. The van der Waals surface area contributed by atoms with Gasteiger partial charge in [-0.15, -0.1) is 12.3 Å². The summed E-state index contributed by atoms with van der Waals surface area (Å²) in [4.78, 5) is 11.3. The summed E-state index contributed by atoms with van der Waals surface area (Å²) in [5.74, 6) is 2.30. The predicted octanol–water partition coefficient (Wildman–Crippen LogP) is 1.99. The number of esters is 1. The maximum atomic E-state index is 11.3. The van der Waals surface area contributed by atoms with E-state index in [0.29, 0.717) is 6.42 Å². The number of carbonyl (C=O) groups excluding carboxylic acids is 1. The van der Waals surface area contributed by atoms with Gasteiger partial charge in [0.2, 0.25) is 0 Å². The first-order valence-electron chi connectivity index (χ1n) is 4.12. The lowest BCUT2D eigenvalue weighted by atomic mass is 9.83. The molecule has 1 unspecified atom stereocenters. The average Bonchev–Trinajstić information content (AvgIpc) is 2.04. The van der Waals surface area contributed by atoms with Crippen LogP contribution < -0.4 is 0 Å². The molecule has 0 aliphatic carbocycles. The molecule has 0 amide bonds. The normalized spacial score (nSPS) is 14.5. The Morgan fingerprint density at radius 2 is 2.25 bits per heavy atom. The van der Waals surface area contributed by atoms with Crippen molar-refractivity contribution < 1.29 is 9.53 Å². The SMILES string of the molecule is C#CCC(C)(CCC)C(=O)OC. The molecule has 2 nitrogen and oxygen atoms in total. The summed E-state index contributed by atoms with van der Waals surface area (Å²) >= 11 is 0. The molecule has 0 fully saturated rings. The molecule has 0 aromatic carbocycles.